The minimum atomic E-state index is 0.523. The highest BCUT2D eigenvalue weighted by Gasteiger charge is 2.18. The molecule has 0 aliphatic carbocycles. The quantitative estimate of drug-likeness (QED) is 0.458. The summed E-state index contributed by atoms with van der Waals surface area (Å²) in [4.78, 5) is 0. The minimum absolute atomic E-state index is 0.523. The van der Waals surface area contributed by atoms with Crippen molar-refractivity contribution >= 4 is 0 Å². The molecule has 1 heterocycles. The van der Waals surface area contributed by atoms with E-state index >= 15 is 0 Å². The number of rotatable bonds is 1. The Bertz CT molecular complexity index is 92.7. The van der Waals surface area contributed by atoms with Crippen molar-refractivity contribution in [1.82, 2.24) is 0 Å². The van der Waals surface area contributed by atoms with Crippen molar-refractivity contribution in [3.63, 3.8) is 0 Å². The van der Waals surface area contributed by atoms with Gasteiger partial charge >= 0.3 is 0 Å². The van der Waals surface area contributed by atoms with Crippen LogP contribution in [0.3, 0.4) is 0 Å². The fourth-order valence-corrected chi connectivity index (χ4v) is 1.11. The third-order valence-electron chi connectivity index (χ3n) is 1.65. The first-order valence-electron chi connectivity index (χ1n) is 3.08. The Hall–Kier alpha value is -0.500. The summed E-state index contributed by atoms with van der Waals surface area (Å²) in [5.41, 5.74) is 6.31. The first-order valence-corrected chi connectivity index (χ1v) is 3.08. The van der Waals surface area contributed by atoms with Crippen LogP contribution in [0.1, 0.15) is 12.8 Å². The summed E-state index contributed by atoms with van der Waals surface area (Å²) in [6.07, 6.45) is 2.51. The van der Waals surface area contributed by atoms with Crippen molar-refractivity contribution in [3.8, 4) is 0 Å². The maximum Gasteiger partial charge on any atom is 0.126 e. The minimum Gasteiger partial charge on any atom is -0.398 e. The van der Waals surface area contributed by atoms with Gasteiger partial charge in [-0.2, -0.15) is 0 Å². The van der Waals surface area contributed by atoms with Crippen molar-refractivity contribution in [2.75, 3.05) is 6.54 Å². The van der Waals surface area contributed by atoms with Gasteiger partial charge in [0.1, 0.15) is 6.04 Å². The molecule has 0 radical (unpaired) electrons. The molecule has 1 saturated heterocycles. The number of hydrogen-bond acceptors (Lipinski definition) is 1. The molecule has 2 nitrogen and oxygen atoms in total. The molecule has 0 amide bonds. The first-order chi connectivity index (χ1) is 3.80. The van der Waals surface area contributed by atoms with Gasteiger partial charge in [-0.1, -0.05) is 6.58 Å². The average molecular weight is 113 g/mol. The average Bonchev–Trinajstić information content (AvgIpc) is 2.12. The molecule has 1 atom stereocenters. The largest absolute Gasteiger partial charge is 0.398 e. The molecule has 0 aromatic carbocycles. The zero-order chi connectivity index (χ0) is 5.98. The summed E-state index contributed by atoms with van der Waals surface area (Å²) in [6.45, 7) is 4.91. The van der Waals surface area contributed by atoms with Gasteiger partial charge in [-0.15, -0.1) is 0 Å². The fourth-order valence-electron chi connectivity index (χ4n) is 1.11. The molecule has 46 valence electrons. The highest BCUT2D eigenvalue weighted by molar-refractivity contribution is 4.95. The van der Waals surface area contributed by atoms with E-state index in [0.29, 0.717) is 6.04 Å². The molecular weight excluding hydrogens is 100 g/mol. The zero-order valence-corrected chi connectivity index (χ0v) is 5.06. The SMILES string of the molecule is C=C(N)[C@H]1CCC[NH2+]1. The van der Waals surface area contributed by atoms with Crippen molar-refractivity contribution in [2.45, 2.75) is 18.9 Å². The van der Waals surface area contributed by atoms with Gasteiger partial charge in [-0.05, 0) is 0 Å². The highest BCUT2D eigenvalue weighted by atomic mass is 15.0. The lowest BCUT2D eigenvalue weighted by molar-refractivity contribution is -0.661. The van der Waals surface area contributed by atoms with Gasteiger partial charge < -0.3 is 11.1 Å². The van der Waals surface area contributed by atoms with Crippen molar-refractivity contribution < 1.29 is 5.32 Å². The van der Waals surface area contributed by atoms with Crippen LogP contribution in [0.5, 0.6) is 0 Å². The molecule has 4 N–H and O–H groups in total. The second-order valence-electron chi connectivity index (χ2n) is 2.35. The topological polar surface area (TPSA) is 42.6 Å². The normalized spacial score (nSPS) is 28.2. The Kier molecular flexibility index (Phi) is 1.53. The van der Waals surface area contributed by atoms with Gasteiger partial charge in [0.25, 0.3) is 0 Å². The molecule has 2 heteroatoms. The van der Waals surface area contributed by atoms with Crippen LogP contribution in [-0.4, -0.2) is 12.6 Å². The molecule has 8 heavy (non-hydrogen) atoms. The van der Waals surface area contributed by atoms with E-state index in [1.165, 1.54) is 19.4 Å². The molecular formula is C6H13N2+. The number of hydrogen-bond donors (Lipinski definition) is 2. The third kappa shape index (κ3) is 1.01. The predicted molar refractivity (Wildman–Crippen MR) is 33.1 cm³/mol. The van der Waals surface area contributed by atoms with Gasteiger partial charge in [-0.3, -0.25) is 0 Å². The zero-order valence-electron chi connectivity index (χ0n) is 5.06. The summed E-state index contributed by atoms with van der Waals surface area (Å²) in [6, 6.07) is 0.523. The van der Waals surface area contributed by atoms with Crippen LogP contribution in [0.15, 0.2) is 12.3 Å². The fraction of sp³-hybridized carbons (Fsp3) is 0.667. The summed E-state index contributed by atoms with van der Waals surface area (Å²) in [5.74, 6) is 0. The highest BCUT2D eigenvalue weighted by Crippen LogP contribution is 2.00. The number of nitrogens with two attached hydrogens (primary N) is 2. The Morgan fingerprint density at radius 1 is 1.75 bits per heavy atom. The Morgan fingerprint density at radius 3 is 2.75 bits per heavy atom. The maximum atomic E-state index is 5.47. The Morgan fingerprint density at radius 2 is 2.50 bits per heavy atom. The van der Waals surface area contributed by atoms with Crippen LogP contribution in [-0.2, 0) is 0 Å². The van der Waals surface area contributed by atoms with E-state index in [4.69, 9.17) is 5.73 Å². The van der Waals surface area contributed by atoms with E-state index in [9.17, 15) is 0 Å². The molecule has 0 spiro atoms. The summed E-state index contributed by atoms with van der Waals surface area (Å²) in [7, 11) is 0. The van der Waals surface area contributed by atoms with Crippen LogP contribution in [0.25, 0.3) is 0 Å². The molecule has 1 aliphatic rings. The molecule has 0 saturated carbocycles. The lowest BCUT2D eigenvalue weighted by Crippen LogP contribution is -2.87. The second kappa shape index (κ2) is 2.18. The molecule has 1 aliphatic heterocycles. The molecule has 0 unspecified atom stereocenters. The van der Waals surface area contributed by atoms with Gasteiger partial charge in [-0.25, -0.2) is 0 Å². The molecule has 1 rings (SSSR count). The van der Waals surface area contributed by atoms with E-state index in [0.717, 1.165) is 5.70 Å². The van der Waals surface area contributed by atoms with Crippen LogP contribution in [0.4, 0.5) is 0 Å². The number of quaternary nitrogens is 1. The van der Waals surface area contributed by atoms with E-state index in [1.54, 1.807) is 0 Å². The smallest absolute Gasteiger partial charge is 0.126 e. The lowest BCUT2D eigenvalue weighted by Gasteiger charge is -2.02. The van der Waals surface area contributed by atoms with Gasteiger partial charge in [0.15, 0.2) is 0 Å². The predicted octanol–water partition coefficient (Wildman–Crippen LogP) is -0.815. The van der Waals surface area contributed by atoms with Gasteiger partial charge in [0.2, 0.25) is 0 Å². The second-order valence-corrected chi connectivity index (χ2v) is 2.35. The molecule has 0 bridgehead atoms. The lowest BCUT2D eigenvalue weighted by atomic mass is 10.2. The van der Waals surface area contributed by atoms with Crippen LogP contribution in [0, 0.1) is 0 Å². The summed E-state index contributed by atoms with van der Waals surface area (Å²) >= 11 is 0. The first kappa shape index (κ1) is 5.63. The van der Waals surface area contributed by atoms with E-state index < -0.39 is 0 Å². The van der Waals surface area contributed by atoms with Crippen LogP contribution >= 0.6 is 0 Å². The summed E-state index contributed by atoms with van der Waals surface area (Å²) < 4.78 is 0. The maximum absolute atomic E-state index is 5.47. The van der Waals surface area contributed by atoms with Crippen molar-refractivity contribution in [2.24, 2.45) is 5.73 Å². The van der Waals surface area contributed by atoms with E-state index in [-0.39, 0.29) is 0 Å². The molecule has 0 aromatic heterocycles. The standard InChI is InChI=1S/C6H12N2/c1-5(7)6-3-2-4-8-6/h6,8H,1-4,7H2/p+1/t6-/m1/s1. The Balaban J connectivity index is 2.35. The summed E-state index contributed by atoms with van der Waals surface area (Å²) in [5, 5.41) is 2.25. The molecule has 1 fully saturated rings. The van der Waals surface area contributed by atoms with Gasteiger partial charge in [0, 0.05) is 12.8 Å². The molecule has 0 aromatic rings. The van der Waals surface area contributed by atoms with E-state index in [1.807, 2.05) is 0 Å². The van der Waals surface area contributed by atoms with Crippen LogP contribution < -0.4 is 11.1 Å². The Labute approximate surface area is 49.8 Å². The van der Waals surface area contributed by atoms with Crippen LogP contribution in [0.2, 0.25) is 0 Å². The van der Waals surface area contributed by atoms with Crippen molar-refractivity contribution in [3.05, 3.63) is 12.3 Å². The monoisotopic (exact) mass is 113 g/mol. The van der Waals surface area contributed by atoms with Gasteiger partial charge in [0.05, 0.1) is 12.2 Å². The van der Waals surface area contributed by atoms with Crippen molar-refractivity contribution in [1.29, 1.82) is 0 Å². The van der Waals surface area contributed by atoms with E-state index in [2.05, 4.69) is 11.9 Å². The third-order valence-corrected chi connectivity index (χ3v) is 1.65.